The second-order valence-electron chi connectivity index (χ2n) is 6.98. The number of nitrogens with zero attached hydrogens (tertiary/aromatic N) is 3. The van der Waals surface area contributed by atoms with E-state index in [0.29, 0.717) is 12.2 Å². The third-order valence-electron chi connectivity index (χ3n) is 4.89. The van der Waals surface area contributed by atoms with Gasteiger partial charge >= 0.3 is 0 Å². The fourth-order valence-corrected chi connectivity index (χ4v) is 4.05. The summed E-state index contributed by atoms with van der Waals surface area (Å²) >= 11 is 1.60. The summed E-state index contributed by atoms with van der Waals surface area (Å²) in [6.07, 6.45) is 1.96. The van der Waals surface area contributed by atoms with Crippen molar-refractivity contribution in [3.63, 3.8) is 0 Å². The number of thiophene rings is 1. The van der Waals surface area contributed by atoms with Gasteiger partial charge in [0.25, 0.3) is 5.91 Å². The molecular formula is C24H19N5OS. The van der Waals surface area contributed by atoms with Crippen LogP contribution in [0.25, 0.3) is 27.5 Å². The van der Waals surface area contributed by atoms with Gasteiger partial charge in [-0.25, -0.2) is 4.68 Å². The van der Waals surface area contributed by atoms with Crippen LogP contribution in [0.15, 0.2) is 90.4 Å². The Morgan fingerprint density at radius 2 is 1.77 bits per heavy atom. The predicted molar refractivity (Wildman–Crippen MR) is 122 cm³/mol. The van der Waals surface area contributed by atoms with Crippen molar-refractivity contribution >= 4 is 17.2 Å². The minimum Gasteiger partial charge on any atom is -0.346 e. The first-order valence-electron chi connectivity index (χ1n) is 9.85. The van der Waals surface area contributed by atoms with Gasteiger partial charge in [-0.1, -0.05) is 54.6 Å². The lowest BCUT2D eigenvalue weighted by atomic mass is 10.1. The van der Waals surface area contributed by atoms with E-state index in [1.165, 1.54) is 0 Å². The molecule has 2 aromatic carbocycles. The molecule has 7 heteroatoms. The molecule has 0 unspecified atom stereocenters. The van der Waals surface area contributed by atoms with Crippen molar-refractivity contribution < 1.29 is 4.79 Å². The van der Waals surface area contributed by atoms with Crippen LogP contribution >= 0.6 is 11.3 Å². The van der Waals surface area contributed by atoms with Crippen molar-refractivity contribution in [2.75, 3.05) is 0 Å². The number of carbonyl (C=O) groups excluding carboxylic acids is 1. The van der Waals surface area contributed by atoms with Crippen LogP contribution in [0.3, 0.4) is 0 Å². The van der Waals surface area contributed by atoms with Crippen molar-refractivity contribution in [1.82, 2.24) is 25.3 Å². The number of H-pyrrole nitrogens is 1. The van der Waals surface area contributed by atoms with Gasteiger partial charge in [-0.3, -0.25) is 9.89 Å². The van der Waals surface area contributed by atoms with Crippen molar-refractivity contribution in [1.29, 1.82) is 0 Å². The van der Waals surface area contributed by atoms with E-state index < -0.39 is 0 Å². The van der Waals surface area contributed by atoms with E-state index in [2.05, 4.69) is 15.5 Å². The van der Waals surface area contributed by atoms with Crippen LogP contribution in [0, 0.1) is 0 Å². The number of aromatic amines is 1. The first-order valence-corrected chi connectivity index (χ1v) is 10.7. The summed E-state index contributed by atoms with van der Waals surface area (Å²) in [5.74, 6) is -0.231. The summed E-state index contributed by atoms with van der Waals surface area (Å²) in [5.41, 5.74) is 4.93. The maximum absolute atomic E-state index is 12.7. The highest BCUT2D eigenvalue weighted by Gasteiger charge is 2.16. The number of aromatic nitrogens is 4. The van der Waals surface area contributed by atoms with Gasteiger partial charge in [-0.05, 0) is 29.6 Å². The van der Waals surface area contributed by atoms with Gasteiger partial charge < -0.3 is 5.32 Å². The van der Waals surface area contributed by atoms with Gasteiger partial charge in [0.15, 0.2) is 5.69 Å². The van der Waals surface area contributed by atoms with Crippen LogP contribution in [0.4, 0.5) is 0 Å². The topological polar surface area (TPSA) is 75.6 Å². The SMILES string of the molecule is O=C(NCc1cn(-c2ccccc2)nc1-c1ccccc1)c1cc(-c2cccs2)[nH]n1. The van der Waals surface area contributed by atoms with Gasteiger partial charge in [0.2, 0.25) is 0 Å². The number of hydrogen-bond donors (Lipinski definition) is 2. The minimum atomic E-state index is -0.231. The molecule has 31 heavy (non-hydrogen) atoms. The molecule has 3 aromatic heterocycles. The number of carbonyl (C=O) groups is 1. The lowest BCUT2D eigenvalue weighted by Crippen LogP contribution is -2.23. The number of rotatable bonds is 6. The molecule has 0 fully saturated rings. The standard InChI is InChI=1S/C24H19N5OS/c30-24(21-14-20(26-27-21)22-12-7-13-31-22)25-15-18-16-29(19-10-5-2-6-11-19)28-23(18)17-8-3-1-4-9-17/h1-14,16H,15H2,(H,25,30)(H,26,27). The van der Waals surface area contributed by atoms with Crippen molar-refractivity contribution in [2.24, 2.45) is 0 Å². The molecule has 0 aliphatic rings. The molecular weight excluding hydrogens is 406 g/mol. The average Bonchev–Trinajstić information content (AvgIpc) is 3.59. The Hall–Kier alpha value is -3.97. The Kier molecular flexibility index (Phi) is 5.16. The van der Waals surface area contributed by atoms with Crippen LogP contribution in [0.2, 0.25) is 0 Å². The number of nitrogens with one attached hydrogen (secondary N) is 2. The van der Waals surface area contributed by atoms with Crippen LogP contribution in [-0.4, -0.2) is 25.9 Å². The first kappa shape index (κ1) is 19.0. The molecule has 0 spiro atoms. The van der Waals surface area contributed by atoms with Crippen LogP contribution in [0.1, 0.15) is 16.1 Å². The van der Waals surface area contributed by atoms with Crippen LogP contribution < -0.4 is 5.32 Å². The fraction of sp³-hybridized carbons (Fsp3) is 0.0417. The Morgan fingerprint density at radius 1 is 1.00 bits per heavy atom. The largest absolute Gasteiger partial charge is 0.346 e. The first-order chi connectivity index (χ1) is 15.3. The Labute approximate surface area is 183 Å². The van der Waals surface area contributed by atoms with E-state index in [0.717, 1.165) is 33.1 Å². The molecule has 1 amide bonds. The summed E-state index contributed by atoms with van der Waals surface area (Å²) in [4.78, 5) is 13.8. The van der Waals surface area contributed by atoms with Gasteiger partial charge in [-0.15, -0.1) is 11.3 Å². The third-order valence-corrected chi connectivity index (χ3v) is 5.80. The number of amides is 1. The zero-order valence-electron chi connectivity index (χ0n) is 16.5. The third kappa shape index (κ3) is 4.04. The highest BCUT2D eigenvalue weighted by atomic mass is 32.1. The smallest absolute Gasteiger partial charge is 0.272 e. The molecule has 0 aliphatic heterocycles. The summed E-state index contributed by atoms with van der Waals surface area (Å²) < 4.78 is 1.84. The quantitative estimate of drug-likeness (QED) is 0.405. The van der Waals surface area contributed by atoms with E-state index in [4.69, 9.17) is 5.10 Å². The number of benzene rings is 2. The second kappa shape index (κ2) is 8.41. The van der Waals surface area contributed by atoms with E-state index in [1.54, 1.807) is 17.4 Å². The van der Waals surface area contributed by atoms with Crippen LogP contribution in [-0.2, 0) is 6.54 Å². The predicted octanol–water partition coefficient (Wildman–Crippen LogP) is 4.92. The lowest BCUT2D eigenvalue weighted by Gasteiger charge is -2.04. The van der Waals surface area contributed by atoms with Crippen molar-refractivity contribution in [3.8, 4) is 27.5 Å². The lowest BCUT2D eigenvalue weighted by molar-refractivity contribution is 0.0946. The van der Waals surface area contributed by atoms with E-state index in [9.17, 15) is 4.79 Å². The average molecular weight is 426 g/mol. The van der Waals surface area contributed by atoms with E-state index >= 15 is 0 Å². The van der Waals surface area contributed by atoms with Crippen molar-refractivity contribution in [3.05, 3.63) is 102 Å². The Bertz CT molecular complexity index is 1290. The number of para-hydroxylation sites is 1. The monoisotopic (exact) mass is 425 g/mol. The molecule has 0 saturated carbocycles. The van der Waals surface area contributed by atoms with Gasteiger partial charge in [0.05, 0.1) is 22.0 Å². The molecule has 2 N–H and O–H groups in total. The minimum absolute atomic E-state index is 0.231. The van der Waals surface area contributed by atoms with Gasteiger partial charge in [-0.2, -0.15) is 10.2 Å². The summed E-state index contributed by atoms with van der Waals surface area (Å²) in [6.45, 7) is 0.344. The molecule has 6 nitrogen and oxygen atoms in total. The van der Waals surface area contributed by atoms with E-state index in [1.807, 2.05) is 89.1 Å². The molecule has 0 aliphatic carbocycles. The summed E-state index contributed by atoms with van der Waals surface area (Å²) in [6, 6.07) is 25.6. The second-order valence-corrected chi connectivity index (χ2v) is 7.92. The fourth-order valence-electron chi connectivity index (χ4n) is 3.35. The molecule has 0 bridgehead atoms. The molecule has 152 valence electrons. The maximum Gasteiger partial charge on any atom is 0.272 e. The summed E-state index contributed by atoms with van der Waals surface area (Å²) in [7, 11) is 0. The Balaban J connectivity index is 1.39. The number of hydrogen-bond acceptors (Lipinski definition) is 4. The molecule has 5 aromatic rings. The molecule has 0 saturated heterocycles. The zero-order valence-corrected chi connectivity index (χ0v) is 17.3. The maximum atomic E-state index is 12.7. The molecule has 0 atom stereocenters. The highest BCUT2D eigenvalue weighted by Crippen LogP contribution is 2.25. The molecule has 3 heterocycles. The molecule has 5 rings (SSSR count). The molecule has 0 radical (unpaired) electrons. The normalized spacial score (nSPS) is 10.8. The van der Waals surface area contributed by atoms with Crippen molar-refractivity contribution in [2.45, 2.75) is 6.54 Å². The van der Waals surface area contributed by atoms with E-state index in [-0.39, 0.29) is 5.91 Å². The van der Waals surface area contributed by atoms with Crippen LogP contribution in [0.5, 0.6) is 0 Å². The zero-order chi connectivity index (χ0) is 21.0. The van der Waals surface area contributed by atoms with Gasteiger partial charge in [0, 0.05) is 23.9 Å². The van der Waals surface area contributed by atoms with Gasteiger partial charge in [0.1, 0.15) is 0 Å². The summed E-state index contributed by atoms with van der Waals surface area (Å²) in [5, 5.41) is 16.9. The highest BCUT2D eigenvalue weighted by molar-refractivity contribution is 7.13. The Morgan fingerprint density at radius 3 is 2.52 bits per heavy atom.